The molecule has 5 nitrogen and oxygen atoms in total. The fraction of sp³-hybridized carbons (Fsp3) is 0.300. The summed E-state index contributed by atoms with van der Waals surface area (Å²) in [6.07, 6.45) is -17.3. The van der Waals surface area contributed by atoms with Crippen LogP contribution in [0, 0.1) is 0 Å². The molecule has 0 amide bonds. The van der Waals surface area contributed by atoms with E-state index in [2.05, 4.69) is 15.5 Å². The van der Waals surface area contributed by atoms with Gasteiger partial charge in [-0.05, 0) is 22.6 Å². The first-order valence-corrected chi connectivity index (χ1v) is 5.67. The Bertz CT molecular complexity index is 720. The summed E-state index contributed by atoms with van der Waals surface area (Å²) in [4.78, 5) is 0. The van der Waals surface area contributed by atoms with Gasteiger partial charge in [0, 0.05) is 0 Å². The van der Waals surface area contributed by atoms with Gasteiger partial charge in [-0.3, -0.25) is 0 Å². The Morgan fingerprint density at radius 1 is 0.792 bits per heavy atom. The average Bonchev–Trinajstić information content (AvgIpc) is 2.80. The van der Waals surface area contributed by atoms with Crippen molar-refractivity contribution in [3.63, 3.8) is 0 Å². The molecule has 1 aromatic heterocycles. The monoisotopic (exact) mass is 365 g/mol. The van der Waals surface area contributed by atoms with Gasteiger partial charge in [-0.15, -0.1) is 0 Å². The van der Waals surface area contributed by atoms with Crippen LogP contribution in [-0.2, 0) is 18.5 Å². The van der Waals surface area contributed by atoms with E-state index in [0.29, 0.717) is 0 Å². The lowest BCUT2D eigenvalue weighted by Crippen LogP contribution is -2.24. The van der Waals surface area contributed by atoms with Gasteiger partial charge in [-0.1, -0.05) is 5.10 Å². The van der Waals surface area contributed by atoms with Gasteiger partial charge in [-0.25, -0.2) is 0 Å². The van der Waals surface area contributed by atoms with Crippen LogP contribution < -0.4 is 5.73 Å². The second-order valence-corrected chi connectivity index (χ2v) is 4.36. The van der Waals surface area contributed by atoms with Crippen LogP contribution in [0.2, 0.25) is 0 Å². The Hall–Kier alpha value is -2.54. The maximum atomic E-state index is 12.9. The summed E-state index contributed by atoms with van der Waals surface area (Å²) in [6, 6.07) is -0.324. The average molecular weight is 365 g/mol. The molecule has 0 bridgehead atoms. The predicted molar refractivity (Wildman–Crippen MR) is 58.6 cm³/mol. The lowest BCUT2D eigenvalue weighted by atomic mass is 9.98. The Labute approximate surface area is 125 Å². The summed E-state index contributed by atoms with van der Waals surface area (Å²) in [5, 5.41) is 8.99. The highest BCUT2D eigenvalue weighted by atomic mass is 19.4. The van der Waals surface area contributed by atoms with Crippen LogP contribution in [0.25, 0.3) is 5.69 Å². The molecule has 0 spiro atoms. The zero-order chi connectivity index (χ0) is 18.5. The third-order valence-electron chi connectivity index (χ3n) is 2.76. The molecule has 0 atom stereocenters. The second kappa shape index (κ2) is 5.24. The van der Waals surface area contributed by atoms with E-state index >= 15 is 0 Å². The van der Waals surface area contributed by atoms with E-state index in [1.54, 1.807) is 0 Å². The van der Waals surface area contributed by atoms with E-state index in [4.69, 9.17) is 5.73 Å². The standard InChI is InChI=1S/C10H4F9N5/c11-8(12,13)4-1-3(24-7(20)21-22-23-24)2-5(9(14,15)16)6(4)10(17,18)19/h1-2H,(H2,20,21,23). The van der Waals surface area contributed by atoms with Gasteiger partial charge < -0.3 is 5.73 Å². The SMILES string of the molecule is Nc1nnnn1-c1cc(C(F)(F)F)c(C(F)(F)F)c(C(F)(F)F)c1. The first-order chi connectivity index (χ1) is 10.7. The molecule has 132 valence electrons. The van der Waals surface area contributed by atoms with Crippen LogP contribution in [0.15, 0.2) is 12.1 Å². The molecule has 0 saturated carbocycles. The van der Waals surface area contributed by atoms with Crippen LogP contribution >= 0.6 is 0 Å². The van der Waals surface area contributed by atoms with Gasteiger partial charge in [0.15, 0.2) is 0 Å². The molecule has 0 fully saturated rings. The van der Waals surface area contributed by atoms with E-state index in [1.807, 2.05) is 0 Å². The molecule has 0 aliphatic carbocycles. The molecule has 14 heteroatoms. The van der Waals surface area contributed by atoms with E-state index in [-0.39, 0.29) is 16.8 Å². The lowest BCUT2D eigenvalue weighted by molar-refractivity contribution is -0.174. The number of halogens is 9. The van der Waals surface area contributed by atoms with Crippen molar-refractivity contribution in [3.05, 3.63) is 28.8 Å². The van der Waals surface area contributed by atoms with Crippen LogP contribution in [0.4, 0.5) is 45.5 Å². The zero-order valence-corrected chi connectivity index (χ0v) is 10.9. The maximum absolute atomic E-state index is 12.9. The van der Waals surface area contributed by atoms with Gasteiger partial charge in [0.1, 0.15) is 0 Å². The highest BCUT2D eigenvalue weighted by Gasteiger charge is 2.50. The maximum Gasteiger partial charge on any atom is 0.417 e. The molecule has 0 saturated heterocycles. The zero-order valence-electron chi connectivity index (χ0n) is 10.9. The van der Waals surface area contributed by atoms with E-state index < -0.39 is 46.9 Å². The highest BCUT2D eigenvalue weighted by Crippen LogP contribution is 2.47. The summed E-state index contributed by atoms with van der Waals surface area (Å²) in [7, 11) is 0. The van der Waals surface area contributed by atoms with Crippen molar-refractivity contribution in [2.24, 2.45) is 0 Å². The van der Waals surface area contributed by atoms with Crippen molar-refractivity contribution in [2.45, 2.75) is 18.5 Å². The minimum Gasteiger partial charge on any atom is -0.366 e. The van der Waals surface area contributed by atoms with E-state index in [0.717, 1.165) is 0 Å². The van der Waals surface area contributed by atoms with Crippen LogP contribution in [0.5, 0.6) is 0 Å². The quantitative estimate of drug-likeness (QED) is 0.788. The van der Waals surface area contributed by atoms with Crippen molar-refractivity contribution in [2.75, 3.05) is 5.73 Å². The number of hydrogen-bond donors (Lipinski definition) is 1. The normalized spacial score (nSPS) is 13.4. The van der Waals surface area contributed by atoms with Gasteiger partial charge >= 0.3 is 18.5 Å². The predicted octanol–water partition coefficient (Wildman–Crippen LogP) is 3.30. The second-order valence-electron chi connectivity index (χ2n) is 4.36. The minimum absolute atomic E-state index is 0.162. The third-order valence-corrected chi connectivity index (χ3v) is 2.76. The number of nitrogens with two attached hydrogens (primary N) is 1. The number of nitrogens with zero attached hydrogens (tertiary/aromatic N) is 4. The molecule has 2 N–H and O–H groups in total. The van der Waals surface area contributed by atoms with Crippen molar-refractivity contribution >= 4 is 5.95 Å². The summed E-state index contributed by atoms with van der Waals surface area (Å²) in [5.74, 6) is -0.712. The van der Waals surface area contributed by atoms with Crippen molar-refractivity contribution < 1.29 is 39.5 Å². The Balaban J connectivity index is 2.93. The van der Waals surface area contributed by atoms with Gasteiger partial charge in [0.05, 0.1) is 22.4 Å². The molecule has 1 heterocycles. The first kappa shape index (κ1) is 17.8. The molecule has 0 radical (unpaired) electrons. The topological polar surface area (TPSA) is 69.6 Å². The number of aromatic nitrogens is 4. The molecule has 0 unspecified atom stereocenters. The molecule has 24 heavy (non-hydrogen) atoms. The summed E-state index contributed by atoms with van der Waals surface area (Å²) < 4.78 is 116. The highest BCUT2D eigenvalue weighted by molar-refractivity contribution is 5.51. The summed E-state index contributed by atoms with van der Waals surface area (Å²) in [6.45, 7) is 0. The smallest absolute Gasteiger partial charge is 0.366 e. The molecule has 0 aliphatic heterocycles. The molecule has 2 aromatic rings. The summed E-state index contributed by atoms with van der Waals surface area (Å²) in [5.41, 5.74) is -3.78. The van der Waals surface area contributed by atoms with Crippen molar-refractivity contribution in [1.29, 1.82) is 0 Å². The van der Waals surface area contributed by atoms with Gasteiger partial charge in [0.2, 0.25) is 5.95 Å². The Kier molecular flexibility index (Phi) is 3.89. The fourth-order valence-corrected chi connectivity index (χ4v) is 1.88. The van der Waals surface area contributed by atoms with Crippen LogP contribution in [0.3, 0.4) is 0 Å². The largest absolute Gasteiger partial charge is 0.417 e. The number of alkyl halides is 9. The number of anilines is 1. The van der Waals surface area contributed by atoms with Crippen LogP contribution in [-0.4, -0.2) is 20.2 Å². The number of rotatable bonds is 1. The number of hydrogen-bond acceptors (Lipinski definition) is 4. The minimum atomic E-state index is -5.90. The first-order valence-electron chi connectivity index (χ1n) is 5.67. The van der Waals surface area contributed by atoms with Gasteiger partial charge in [0.25, 0.3) is 0 Å². The molecular weight excluding hydrogens is 361 g/mol. The van der Waals surface area contributed by atoms with Crippen molar-refractivity contribution in [1.82, 2.24) is 20.2 Å². The molecule has 0 aliphatic rings. The molecule has 1 aromatic carbocycles. The summed E-state index contributed by atoms with van der Waals surface area (Å²) >= 11 is 0. The van der Waals surface area contributed by atoms with Gasteiger partial charge in [-0.2, -0.15) is 44.2 Å². The fourth-order valence-electron chi connectivity index (χ4n) is 1.88. The Morgan fingerprint density at radius 3 is 1.54 bits per heavy atom. The van der Waals surface area contributed by atoms with Crippen molar-refractivity contribution in [3.8, 4) is 5.69 Å². The lowest BCUT2D eigenvalue weighted by Gasteiger charge is -2.21. The Morgan fingerprint density at radius 2 is 1.25 bits per heavy atom. The molecular formula is C10H4F9N5. The number of benzene rings is 1. The van der Waals surface area contributed by atoms with E-state index in [1.165, 1.54) is 0 Å². The van der Waals surface area contributed by atoms with E-state index in [9.17, 15) is 39.5 Å². The number of tetrazole rings is 1. The molecule has 2 rings (SSSR count). The third kappa shape index (κ3) is 3.21. The number of nitrogen functional groups attached to an aromatic ring is 1. The van der Waals surface area contributed by atoms with Crippen LogP contribution in [0.1, 0.15) is 16.7 Å².